The van der Waals surface area contributed by atoms with Crippen LogP contribution in [0, 0.1) is 5.82 Å². The molecular weight excluding hydrogens is 183 g/mol. The van der Waals surface area contributed by atoms with Gasteiger partial charge < -0.3 is 5.73 Å². The molecule has 2 rings (SSSR count). The lowest BCUT2D eigenvalue weighted by atomic mass is 10.2. The van der Waals surface area contributed by atoms with Crippen molar-refractivity contribution in [1.82, 2.24) is 15.2 Å². The maximum Gasteiger partial charge on any atom is 0.142 e. The van der Waals surface area contributed by atoms with Crippen LogP contribution in [0.5, 0.6) is 0 Å². The molecule has 2 aromatic heterocycles. The quantitative estimate of drug-likeness (QED) is 0.747. The van der Waals surface area contributed by atoms with Gasteiger partial charge in [-0.25, -0.2) is 4.39 Å². The van der Waals surface area contributed by atoms with Crippen molar-refractivity contribution in [2.45, 2.75) is 6.54 Å². The zero-order valence-electron chi connectivity index (χ0n) is 7.37. The van der Waals surface area contributed by atoms with Gasteiger partial charge in [-0.2, -0.15) is 5.10 Å². The van der Waals surface area contributed by atoms with Crippen molar-refractivity contribution in [1.29, 1.82) is 0 Å². The zero-order valence-corrected chi connectivity index (χ0v) is 7.37. The number of H-pyrrole nitrogens is 1. The fourth-order valence-electron chi connectivity index (χ4n) is 1.17. The number of aromatic amines is 1. The standard InChI is InChI=1S/C9H9FN4/c10-7-1-6(4-12-5-7)9-2-8(3-11)13-14-9/h1-2,4-5H,3,11H2,(H,13,14). The van der Waals surface area contributed by atoms with Crippen molar-refractivity contribution in [2.75, 3.05) is 0 Å². The highest BCUT2D eigenvalue weighted by molar-refractivity contribution is 5.57. The van der Waals surface area contributed by atoms with E-state index >= 15 is 0 Å². The van der Waals surface area contributed by atoms with Gasteiger partial charge in [0.05, 0.1) is 11.9 Å². The number of nitrogens with one attached hydrogen (secondary N) is 1. The average molecular weight is 192 g/mol. The normalized spacial score (nSPS) is 10.4. The van der Waals surface area contributed by atoms with Gasteiger partial charge in [0, 0.05) is 24.0 Å². The Bertz CT molecular complexity index is 438. The number of halogens is 1. The summed E-state index contributed by atoms with van der Waals surface area (Å²) in [6.07, 6.45) is 2.71. The molecule has 14 heavy (non-hydrogen) atoms. The molecule has 0 unspecified atom stereocenters. The van der Waals surface area contributed by atoms with Gasteiger partial charge in [-0.3, -0.25) is 10.1 Å². The summed E-state index contributed by atoms with van der Waals surface area (Å²) >= 11 is 0. The van der Waals surface area contributed by atoms with E-state index in [0.29, 0.717) is 17.8 Å². The Morgan fingerprint density at radius 1 is 1.36 bits per heavy atom. The van der Waals surface area contributed by atoms with E-state index in [1.807, 2.05) is 0 Å². The summed E-state index contributed by atoms with van der Waals surface area (Å²) in [6, 6.07) is 3.15. The molecule has 0 aliphatic heterocycles. The summed E-state index contributed by atoms with van der Waals surface area (Å²) in [4.78, 5) is 3.74. The second kappa shape index (κ2) is 3.55. The smallest absolute Gasteiger partial charge is 0.142 e. The van der Waals surface area contributed by atoms with E-state index in [4.69, 9.17) is 5.73 Å². The second-order valence-electron chi connectivity index (χ2n) is 2.87. The monoisotopic (exact) mass is 192 g/mol. The highest BCUT2D eigenvalue weighted by atomic mass is 19.1. The molecule has 0 atom stereocenters. The summed E-state index contributed by atoms with van der Waals surface area (Å²) in [5.74, 6) is -0.375. The Kier molecular flexibility index (Phi) is 2.24. The van der Waals surface area contributed by atoms with Crippen molar-refractivity contribution in [3.63, 3.8) is 0 Å². The van der Waals surface area contributed by atoms with E-state index in [0.717, 1.165) is 11.9 Å². The molecule has 0 radical (unpaired) electrons. The molecule has 0 spiro atoms. The van der Waals surface area contributed by atoms with Gasteiger partial charge in [0.2, 0.25) is 0 Å². The number of hydrogen-bond acceptors (Lipinski definition) is 3. The van der Waals surface area contributed by atoms with Crippen LogP contribution in [-0.4, -0.2) is 15.2 Å². The highest BCUT2D eigenvalue weighted by Gasteiger charge is 2.03. The fourth-order valence-corrected chi connectivity index (χ4v) is 1.17. The number of rotatable bonds is 2. The van der Waals surface area contributed by atoms with Gasteiger partial charge >= 0.3 is 0 Å². The number of aromatic nitrogens is 3. The van der Waals surface area contributed by atoms with Gasteiger partial charge in [0.1, 0.15) is 5.82 Å². The summed E-state index contributed by atoms with van der Waals surface area (Å²) in [7, 11) is 0. The van der Waals surface area contributed by atoms with Crippen LogP contribution < -0.4 is 5.73 Å². The van der Waals surface area contributed by atoms with Crippen LogP contribution >= 0.6 is 0 Å². The number of pyridine rings is 1. The van der Waals surface area contributed by atoms with E-state index in [1.54, 1.807) is 12.3 Å². The minimum atomic E-state index is -0.375. The Balaban J connectivity index is 2.39. The molecule has 3 N–H and O–H groups in total. The molecule has 2 heterocycles. The lowest BCUT2D eigenvalue weighted by molar-refractivity contribution is 0.622. The Hall–Kier alpha value is -1.75. The van der Waals surface area contributed by atoms with Crippen LogP contribution in [0.25, 0.3) is 11.3 Å². The first-order chi connectivity index (χ1) is 6.79. The van der Waals surface area contributed by atoms with Crippen molar-refractivity contribution >= 4 is 0 Å². The van der Waals surface area contributed by atoms with Gasteiger partial charge in [0.15, 0.2) is 0 Å². The molecule has 0 bridgehead atoms. The molecule has 0 aromatic carbocycles. The molecular formula is C9H9FN4. The first kappa shape index (κ1) is 8.83. The number of nitrogens with two attached hydrogens (primary N) is 1. The molecule has 0 aliphatic carbocycles. The van der Waals surface area contributed by atoms with E-state index < -0.39 is 0 Å². The topological polar surface area (TPSA) is 67.6 Å². The van der Waals surface area contributed by atoms with E-state index in [9.17, 15) is 4.39 Å². The summed E-state index contributed by atoms with van der Waals surface area (Å²) in [5.41, 5.74) is 7.51. The molecule has 72 valence electrons. The largest absolute Gasteiger partial charge is 0.325 e. The minimum Gasteiger partial charge on any atom is -0.325 e. The molecule has 0 amide bonds. The van der Waals surface area contributed by atoms with Crippen LogP contribution in [0.15, 0.2) is 24.5 Å². The lowest BCUT2D eigenvalue weighted by Gasteiger charge is -1.93. The number of nitrogens with zero attached hydrogens (tertiary/aromatic N) is 2. The summed E-state index contributed by atoms with van der Waals surface area (Å²) in [5, 5.41) is 6.73. The zero-order chi connectivity index (χ0) is 9.97. The Labute approximate surface area is 80.0 Å². The Morgan fingerprint density at radius 3 is 2.86 bits per heavy atom. The molecule has 2 aromatic rings. The lowest BCUT2D eigenvalue weighted by Crippen LogP contribution is -1.95. The first-order valence-corrected chi connectivity index (χ1v) is 4.15. The maximum atomic E-state index is 12.8. The molecule has 0 fully saturated rings. The fraction of sp³-hybridized carbons (Fsp3) is 0.111. The predicted molar refractivity (Wildman–Crippen MR) is 49.7 cm³/mol. The van der Waals surface area contributed by atoms with Gasteiger partial charge in [-0.05, 0) is 12.1 Å². The van der Waals surface area contributed by atoms with Crippen molar-refractivity contribution in [2.24, 2.45) is 5.73 Å². The van der Waals surface area contributed by atoms with Crippen LogP contribution in [0.4, 0.5) is 4.39 Å². The third kappa shape index (κ3) is 1.62. The van der Waals surface area contributed by atoms with E-state index in [1.165, 1.54) is 6.07 Å². The molecule has 0 aliphatic rings. The second-order valence-corrected chi connectivity index (χ2v) is 2.87. The molecule has 4 nitrogen and oxygen atoms in total. The van der Waals surface area contributed by atoms with Crippen molar-refractivity contribution < 1.29 is 4.39 Å². The van der Waals surface area contributed by atoms with Gasteiger partial charge in [0.25, 0.3) is 0 Å². The first-order valence-electron chi connectivity index (χ1n) is 4.15. The van der Waals surface area contributed by atoms with Crippen LogP contribution in [0.1, 0.15) is 5.69 Å². The molecule has 0 saturated carbocycles. The van der Waals surface area contributed by atoms with Crippen molar-refractivity contribution in [3.8, 4) is 11.3 Å². The number of hydrogen-bond donors (Lipinski definition) is 2. The molecule has 5 heteroatoms. The predicted octanol–water partition coefficient (Wildman–Crippen LogP) is 1.07. The van der Waals surface area contributed by atoms with Crippen LogP contribution in [0.3, 0.4) is 0 Å². The van der Waals surface area contributed by atoms with Crippen molar-refractivity contribution in [3.05, 3.63) is 36.0 Å². The van der Waals surface area contributed by atoms with Crippen LogP contribution in [0.2, 0.25) is 0 Å². The third-order valence-corrected chi connectivity index (χ3v) is 1.85. The minimum absolute atomic E-state index is 0.375. The summed E-state index contributed by atoms with van der Waals surface area (Å²) < 4.78 is 12.8. The van der Waals surface area contributed by atoms with Gasteiger partial charge in [-0.15, -0.1) is 0 Å². The van der Waals surface area contributed by atoms with Gasteiger partial charge in [-0.1, -0.05) is 0 Å². The SMILES string of the molecule is NCc1cc(-c2cncc(F)c2)n[nH]1. The van der Waals surface area contributed by atoms with E-state index in [2.05, 4.69) is 15.2 Å². The van der Waals surface area contributed by atoms with E-state index in [-0.39, 0.29) is 5.82 Å². The van der Waals surface area contributed by atoms with Crippen LogP contribution in [-0.2, 0) is 6.54 Å². The maximum absolute atomic E-state index is 12.8. The highest BCUT2D eigenvalue weighted by Crippen LogP contribution is 2.16. The Morgan fingerprint density at radius 2 is 2.21 bits per heavy atom. The molecule has 0 saturated heterocycles. The average Bonchev–Trinajstić information content (AvgIpc) is 2.66. The third-order valence-electron chi connectivity index (χ3n) is 1.85. The summed E-state index contributed by atoms with van der Waals surface area (Å²) in [6.45, 7) is 0.385.